The molecule has 21 heavy (non-hydrogen) atoms. The summed E-state index contributed by atoms with van der Waals surface area (Å²) in [5.41, 5.74) is 1.95. The molecule has 3 rings (SSSR count). The predicted octanol–water partition coefficient (Wildman–Crippen LogP) is 0.338. The number of hydrogen-bond donors (Lipinski definition) is 3. The quantitative estimate of drug-likeness (QED) is 0.736. The van der Waals surface area contributed by atoms with Gasteiger partial charge in [-0.05, 0) is 29.8 Å². The van der Waals surface area contributed by atoms with Gasteiger partial charge in [-0.2, -0.15) is 5.21 Å². The van der Waals surface area contributed by atoms with E-state index in [2.05, 4.69) is 31.3 Å². The van der Waals surface area contributed by atoms with Crippen molar-refractivity contribution >= 4 is 5.91 Å². The van der Waals surface area contributed by atoms with Gasteiger partial charge in [0.1, 0.15) is 0 Å². The molecule has 1 aliphatic heterocycles. The van der Waals surface area contributed by atoms with Crippen LogP contribution in [0.1, 0.15) is 12.5 Å². The third-order valence-electron chi connectivity index (χ3n) is 3.96. The molecule has 1 amide bonds. The van der Waals surface area contributed by atoms with Crippen LogP contribution < -0.4 is 10.6 Å². The fourth-order valence-corrected chi connectivity index (χ4v) is 2.28. The van der Waals surface area contributed by atoms with Crippen molar-refractivity contribution in [3.8, 4) is 11.4 Å². The number of amides is 1. The molecule has 0 spiro atoms. The third kappa shape index (κ3) is 3.08. The molecule has 1 fully saturated rings. The Morgan fingerprint density at radius 3 is 2.71 bits per heavy atom. The van der Waals surface area contributed by atoms with Crippen molar-refractivity contribution in [2.45, 2.75) is 13.5 Å². The SMILES string of the molecule is CC(C(=O)NCc1ccc(-c2nn[nH]n2)cc1)C1CNC1. The van der Waals surface area contributed by atoms with Gasteiger partial charge in [0.25, 0.3) is 0 Å². The molecule has 1 unspecified atom stereocenters. The molecule has 0 radical (unpaired) electrons. The van der Waals surface area contributed by atoms with Crippen molar-refractivity contribution in [2.75, 3.05) is 13.1 Å². The lowest BCUT2D eigenvalue weighted by Crippen LogP contribution is -2.49. The van der Waals surface area contributed by atoms with Crippen LogP contribution >= 0.6 is 0 Å². The summed E-state index contributed by atoms with van der Waals surface area (Å²) < 4.78 is 0. The van der Waals surface area contributed by atoms with E-state index < -0.39 is 0 Å². The van der Waals surface area contributed by atoms with E-state index >= 15 is 0 Å². The first kappa shape index (κ1) is 13.7. The average molecular weight is 286 g/mol. The fourth-order valence-electron chi connectivity index (χ4n) is 2.28. The van der Waals surface area contributed by atoms with Crippen LogP contribution in [0.15, 0.2) is 24.3 Å². The zero-order valence-electron chi connectivity index (χ0n) is 11.8. The van der Waals surface area contributed by atoms with E-state index in [0.717, 1.165) is 24.2 Å². The lowest BCUT2D eigenvalue weighted by Gasteiger charge is -2.31. The Kier molecular flexibility index (Phi) is 3.92. The summed E-state index contributed by atoms with van der Waals surface area (Å²) in [4.78, 5) is 12.0. The highest BCUT2D eigenvalue weighted by molar-refractivity contribution is 5.78. The molecule has 2 aromatic rings. The van der Waals surface area contributed by atoms with E-state index in [4.69, 9.17) is 0 Å². The van der Waals surface area contributed by atoms with Crippen LogP contribution in [0.2, 0.25) is 0 Å². The first-order valence-corrected chi connectivity index (χ1v) is 7.05. The third-order valence-corrected chi connectivity index (χ3v) is 3.96. The van der Waals surface area contributed by atoms with Crippen LogP contribution in [0.3, 0.4) is 0 Å². The maximum atomic E-state index is 12.0. The Morgan fingerprint density at radius 2 is 2.14 bits per heavy atom. The zero-order chi connectivity index (χ0) is 14.7. The van der Waals surface area contributed by atoms with Gasteiger partial charge in [-0.1, -0.05) is 31.2 Å². The normalized spacial score (nSPS) is 16.2. The van der Waals surface area contributed by atoms with Crippen LogP contribution in [-0.4, -0.2) is 39.6 Å². The van der Waals surface area contributed by atoms with E-state index in [-0.39, 0.29) is 11.8 Å². The van der Waals surface area contributed by atoms with Crippen molar-refractivity contribution in [1.82, 2.24) is 31.3 Å². The lowest BCUT2D eigenvalue weighted by atomic mass is 9.88. The Labute approximate surface area is 122 Å². The Morgan fingerprint density at radius 1 is 1.38 bits per heavy atom. The van der Waals surface area contributed by atoms with Gasteiger partial charge < -0.3 is 10.6 Å². The Bertz CT molecular complexity index is 590. The van der Waals surface area contributed by atoms with Crippen LogP contribution in [0.4, 0.5) is 0 Å². The minimum atomic E-state index is 0.0600. The summed E-state index contributed by atoms with van der Waals surface area (Å²) in [5.74, 6) is 1.20. The molecule has 7 nitrogen and oxygen atoms in total. The molecule has 1 saturated heterocycles. The molecule has 0 aliphatic carbocycles. The summed E-state index contributed by atoms with van der Waals surface area (Å²) in [5, 5.41) is 20.0. The van der Waals surface area contributed by atoms with Gasteiger partial charge in [0.05, 0.1) is 0 Å². The molecular formula is C14H18N6O. The molecule has 1 aromatic carbocycles. The van der Waals surface area contributed by atoms with Crippen molar-refractivity contribution in [3.63, 3.8) is 0 Å². The molecule has 0 bridgehead atoms. The number of aromatic nitrogens is 4. The second kappa shape index (κ2) is 6.01. The van der Waals surface area contributed by atoms with Gasteiger partial charge in [0, 0.05) is 18.0 Å². The molecule has 1 atom stereocenters. The van der Waals surface area contributed by atoms with Gasteiger partial charge >= 0.3 is 0 Å². The highest BCUT2D eigenvalue weighted by atomic mass is 16.1. The summed E-state index contributed by atoms with van der Waals surface area (Å²) in [6, 6.07) is 7.76. The first-order chi connectivity index (χ1) is 10.2. The topological polar surface area (TPSA) is 95.6 Å². The van der Waals surface area contributed by atoms with E-state index in [1.54, 1.807) is 0 Å². The summed E-state index contributed by atoms with van der Waals surface area (Å²) in [6.45, 7) is 4.40. The van der Waals surface area contributed by atoms with Crippen molar-refractivity contribution in [3.05, 3.63) is 29.8 Å². The molecule has 110 valence electrons. The van der Waals surface area contributed by atoms with E-state index in [0.29, 0.717) is 18.3 Å². The summed E-state index contributed by atoms with van der Waals surface area (Å²) in [6.07, 6.45) is 0. The molecule has 1 aliphatic rings. The van der Waals surface area contributed by atoms with Crippen LogP contribution in [0.25, 0.3) is 11.4 Å². The number of tetrazole rings is 1. The number of hydrogen-bond acceptors (Lipinski definition) is 5. The van der Waals surface area contributed by atoms with Gasteiger partial charge in [0.15, 0.2) is 0 Å². The number of nitrogens with zero attached hydrogens (tertiary/aromatic N) is 3. The van der Waals surface area contributed by atoms with Crippen LogP contribution in [-0.2, 0) is 11.3 Å². The fraction of sp³-hybridized carbons (Fsp3) is 0.429. The monoisotopic (exact) mass is 286 g/mol. The number of benzene rings is 1. The number of aromatic amines is 1. The van der Waals surface area contributed by atoms with E-state index in [1.165, 1.54) is 0 Å². The second-order valence-corrected chi connectivity index (χ2v) is 5.36. The van der Waals surface area contributed by atoms with Crippen molar-refractivity contribution < 1.29 is 4.79 Å². The number of H-pyrrole nitrogens is 1. The number of carbonyl (C=O) groups excluding carboxylic acids is 1. The van der Waals surface area contributed by atoms with Gasteiger partial charge in [-0.25, -0.2) is 0 Å². The van der Waals surface area contributed by atoms with Gasteiger partial charge in [-0.15, -0.1) is 10.2 Å². The molecule has 2 heterocycles. The minimum absolute atomic E-state index is 0.0600. The maximum absolute atomic E-state index is 12.0. The largest absolute Gasteiger partial charge is 0.352 e. The number of carbonyl (C=O) groups is 1. The van der Waals surface area contributed by atoms with Crippen molar-refractivity contribution in [2.24, 2.45) is 11.8 Å². The highest BCUT2D eigenvalue weighted by Crippen LogP contribution is 2.17. The summed E-state index contributed by atoms with van der Waals surface area (Å²) in [7, 11) is 0. The minimum Gasteiger partial charge on any atom is -0.352 e. The molecule has 7 heteroatoms. The Balaban J connectivity index is 1.54. The predicted molar refractivity (Wildman–Crippen MR) is 77.0 cm³/mol. The first-order valence-electron chi connectivity index (χ1n) is 7.05. The highest BCUT2D eigenvalue weighted by Gasteiger charge is 2.28. The molecule has 0 saturated carbocycles. The summed E-state index contributed by atoms with van der Waals surface area (Å²) >= 11 is 0. The molecule has 1 aromatic heterocycles. The number of rotatable bonds is 5. The molecular weight excluding hydrogens is 268 g/mol. The number of nitrogens with one attached hydrogen (secondary N) is 3. The van der Waals surface area contributed by atoms with Gasteiger partial charge in [0.2, 0.25) is 11.7 Å². The molecule has 3 N–H and O–H groups in total. The lowest BCUT2D eigenvalue weighted by molar-refractivity contribution is -0.126. The van der Waals surface area contributed by atoms with Gasteiger partial charge in [-0.3, -0.25) is 4.79 Å². The smallest absolute Gasteiger partial charge is 0.223 e. The second-order valence-electron chi connectivity index (χ2n) is 5.36. The maximum Gasteiger partial charge on any atom is 0.223 e. The Hall–Kier alpha value is -2.28. The van der Waals surface area contributed by atoms with Crippen LogP contribution in [0.5, 0.6) is 0 Å². The average Bonchev–Trinajstić information content (AvgIpc) is 2.97. The van der Waals surface area contributed by atoms with Crippen LogP contribution in [0, 0.1) is 11.8 Å². The zero-order valence-corrected chi connectivity index (χ0v) is 11.8. The van der Waals surface area contributed by atoms with Crippen molar-refractivity contribution in [1.29, 1.82) is 0 Å². The van der Waals surface area contributed by atoms with E-state index in [9.17, 15) is 4.79 Å². The standard InChI is InChI=1S/C14H18N6O/c1-9(12-7-15-8-12)14(21)16-6-10-2-4-11(5-3-10)13-17-19-20-18-13/h2-5,9,12,15H,6-8H2,1H3,(H,16,21)(H,17,18,19,20). The van der Waals surface area contributed by atoms with E-state index in [1.807, 2.05) is 31.2 Å².